The van der Waals surface area contributed by atoms with Crippen molar-refractivity contribution in [3.05, 3.63) is 33.4 Å². The molecule has 4 nitrogen and oxygen atoms in total. The molecular formula is C25H40F6INO3. The molecule has 2 rings (SSSR count). The summed E-state index contributed by atoms with van der Waals surface area (Å²) in [6.07, 6.45) is -0.825. The van der Waals surface area contributed by atoms with Crippen molar-refractivity contribution in [2.45, 2.75) is 97.0 Å². The van der Waals surface area contributed by atoms with Gasteiger partial charge in [0.1, 0.15) is 0 Å². The van der Waals surface area contributed by atoms with Crippen molar-refractivity contribution in [3.8, 4) is 0 Å². The molecule has 1 aliphatic rings. The third-order valence-corrected chi connectivity index (χ3v) is 10.1. The van der Waals surface area contributed by atoms with E-state index in [9.17, 15) is 32.8 Å². The first-order valence-electron chi connectivity index (χ1n) is 12.7. The third kappa shape index (κ3) is 7.86. The molecule has 0 bridgehead atoms. The molecule has 1 unspecified atom stereocenters. The molecule has 212 valence electrons. The van der Waals surface area contributed by atoms with Crippen LogP contribution in [0.4, 0.5) is 26.3 Å². The van der Waals surface area contributed by atoms with Crippen molar-refractivity contribution in [1.82, 2.24) is 0 Å². The second-order valence-electron chi connectivity index (χ2n) is 9.30. The van der Waals surface area contributed by atoms with E-state index in [1.54, 1.807) is 0 Å². The quantitative estimate of drug-likeness (QED) is 0.133. The Morgan fingerprint density at radius 3 is 1.47 bits per heavy atom. The summed E-state index contributed by atoms with van der Waals surface area (Å²) in [5.41, 5.74) is -6.24. The fourth-order valence-corrected chi connectivity index (χ4v) is 8.15. The molecule has 1 heterocycles. The molecule has 1 aromatic carbocycles. The molecular weight excluding hydrogens is 603 g/mol. The molecule has 0 radical (unpaired) electrons. The summed E-state index contributed by atoms with van der Waals surface area (Å²) in [5.74, 6) is 0. The first-order chi connectivity index (χ1) is 16.7. The Labute approximate surface area is 216 Å². The fraction of sp³-hybridized carbons (Fsp3) is 0.760. The van der Waals surface area contributed by atoms with Gasteiger partial charge in [-0.3, -0.25) is 0 Å². The SMILES string of the molecule is CCCC[N+](CCCC)(CCCC)CCCC.O=I1([O-])OC(C(F)(F)F)(C(F)(F)F)c2ccccc21. The van der Waals surface area contributed by atoms with Crippen LogP contribution in [0.3, 0.4) is 0 Å². The summed E-state index contributed by atoms with van der Waals surface area (Å²) in [7, 11) is 0. The van der Waals surface area contributed by atoms with Gasteiger partial charge in [0.05, 0.1) is 26.2 Å². The number of quaternary nitrogens is 1. The maximum absolute atomic E-state index is 12.8. The molecule has 0 aromatic heterocycles. The van der Waals surface area contributed by atoms with Crippen LogP contribution in [0.25, 0.3) is 0 Å². The topological polar surface area (TPSA) is 49.4 Å². The van der Waals surface area contributed by atoms with E-state index in [-0.39, 0.29) is 0 Å². The molecule has 36 heavy (non-hydrogen) atoms. The van der Waals surface area contributed by atoms with Gasteiger partial charge < -0.3 is 4.48 Å². The Kier molecular flexibility index (Phi) is 12.8. The second-order valence-corrected chi connectivity index (χ2v) is 13.3. The van der Waals surface area contributed by atoms with E-state index in [2.05, 4.69) is 30.8 Å². The van der Waals surface area contributed by atoms with Crippen LogP contribution >= 0.6 is 19.3 Å². The zero-order valence-corrected chi connectivity index (χ0v) is 23.8. The van der Waals surface area contributed by atoms with Gasteiger partial charge in [0.15, 0.2) is 0 Å². The summed E-state index contributed by atoms with van der Waals surface area (Å²) < 4.78 is 104. The van der Waals surface area contributed by atoms with Crippen LogP contribution in [0.15, 0.2) is 24.3 Å². The number of unbranched alkanes of at least 4 members (excludes halogenated alkanes) is 4. The first kappa shape index (κ1) is 33.2. The van der Waals surface area contributed by atoms with Gasteiger partial charge >= 0.3 is 107 Å². The zero-order chi connectivity index (χ0) is 27.7. The van der Waals surface area contributed by atoms with Crippen LogP contribution in [-0.4, -0.2) is 43.0 Å². The number of hydrogen-bond donors (Lipinski definition) is 0. The molecule has 0 aliphatic carbocycles. The Hall–Kier alpha value is -0.790. The molecule has 11 heteroatoms. The van der Waals surface area contributed by atoms with E-state index in [1.165, 1.54) is 82.0 Å². The number of hydrogen-bond acceptors (Lipinski definition) is 3. The summed E-state index contributed by atoms with van der Waals surface area (Å²) in [4.78, 5) is 0. The van der Waals surface area contributed by atoms with Gasteiger partial charge in [-0.15, -0.1) is 0 Å². The molecule has 0 saturated heterocycles. The Morgan fingerprint density at radius 1 is 0.778 bits per heavy atom. The second kappa shape index (κ2) is 13.8. The number of nitrogens with zero attached hydrogens (tertiary/aromatic N) is 1. The molecule has 0 saturated carbocycles. The number of alkyl halides is 6. The van der Waals surface area contributed by atoms with Crippen LogP contribution in [0, 0.1) is 3.57 Å². The van der Waals surface area contributed by atoms with Crippen LogP contribution in [0.1, 0.15) is 84.6 Å². The molecule has 0 spiro atoms. The molecule has 1 atom stereocenters. The van der Waals surface area contributed by atoms with Crippen molar-refractivity contribution in [2.24, 2.45) is 0 Å². The van der Waals surface area contributed by atoms with Crippen LogP contribution in [-0.2, 0) is 11.7 Å². The zero-order valence-electron chi connectivity index (χ0n) is 21.6. The van der Waals surface area contributed by atoms with Gasteiger partial charge in [-0.25, -0.2) is 0 Å². The summed E-state index contributed by atoms with van der Waals surface area (Å²) in [5, 5.41) is 0. The third-order valence-electron chi connectivity index (χ3n) is 6.46. The molecule has 1 aromatic rings. The Balaban J connectivity index is 0.000000363. The van der Waals surface area contributed by atoms with Crippen LogP contribution in [0.2, 0.25) is 0 Å². The van der Waals surface area contributed by atoms with Crippen LogP contribution in [0.5, 0.6) is 0 Å². The predicted molar refractivity (Wildman–Crippen MR) is 134 cm³/mol. The molecule has 0 N–H and O–H groups in total. The minimum atomic E-state index is -6.23. The number of benzene rings is 1. The predicted octanol–water partition coefficient (Wildman–Crippen LogP) is 7.79. The number of halogens is 7. The van der Waals surface area contributed by atoms with Gasteiger partial charge in [-0.05, 0) is 25.7 Å². The Morgan fingerprint density at radius 2 is 1.14 bits per heavy atom. The first-order valence-corrected chi connectivity index (χ1v) is 16.4. The van der Waals surface area contributed by atoms with Crippen molar-refractivity contribution < 1.29 is 40.4 Å². The monoisotopic (exact) mass is 643 g/mol. The maximum atomic E-state index is 12.8. The number of fused-ring (bicyclic) bond motifs is 1. The van der Waals surface area contributed by atoms with E-state index >= 15 is 0 Å². The summed E-state index contributed by atoms with van der Waals surface area (Å²) >= 11 is -6.23. The van der Waals surface area contributed by atoms with Gasteiger partial charge in [-0.1, -0.05) is 53.4 Å². The van der Waals surface area contributed by atoms with E-state index in [4.69, 9.17) is 0 Å². The van der Waals surface area contributed by atoms with Gasteiger partial charge in [-0.2, -0.15) is 0 Å². The molecule has 0 amide bonds. The van der Waals surface area contributed by atoms with Crippen molar-refractivity contribution in [2.75, 3.05) is 26.2 Å². The van der Waals surface area contributed by atoms with Crippen LogP contribution < -0.4 is 3.44 Å². The van der Waals surface area contributed by atoms with Crippen molar-refractivity contribution in [1.29, 1.82) is 0 Å². The van der Waals surface area contributed by atoms with E-state index in [0.717, 1.165) is 12.1 Å². The van der Waals surface area contributed by atoms with E-state index in [0.29, 0.717) is 12.1 Å². The average Bonchev–Trinajstić information content (AvgIpc) is 3.07. The average molecular weight is 643 g/mol. The van der Waals surface area contributed by atoms with Gasteiger partial charge in [0.2, 0.25) is 0 Å². The Bertz CT molecular complexity index is 792. The summed E-state index contributed by atoms with van der Waals surface area (Å²) in [6, 6.07) is 3.04. The normalized spacial score (nSPS) is 21.3. The molecule has 1 aliphatic heterocycles. The van der Waals surface area contributed by atoms with Gasteiger partial charge in [0, 0.05) is 0 Å². The standard InChI is InChI=1S/C16H36N.C9H5F6IO3/c1-5-9-13-17(14-10-6-2,15-11-7-3)16-12-8-4;10-8(11,12)7(9(13,14)15)5-3-1-2-4-6(5)16(17,18)19-7/h5-16H2,1-4H3;1-4H,(H,17,18)/q+1;/p-1. The van der Waals surface area contributed by atoms with Gasteiger partial charge in [0.25, 0.3) is 0 Å². The molecule has 0 fully saturated rings. The minimum absolute atomic E-state index is 0.456. The number of rotatable bonds is 12. The van der Waals surface area contributed by atoms with E-state index in [1.807, 2.05) is 0 Å². The van der Waals surface area contributed by atoms with E-state index < -0.39 is 46.3 Å². The van der Waals surface area contributed by atoms with Crippen molar-refractivity contribution >= 4 is 19.3 Å². The van der Waals surface area contributed by atoms with Crippen molar-refractivity contribution in [3.63, 3.8) is 0 Å². The summed E-state index contributed by atoms with van der Waals surface area (Å²) in [6.45, 7) is 15.0. The fourth-order valence-electron chi connectivity index (χ4n) is 4.38.